The topological polar surface area (TPSA) is 87.7 Å². The van der Waals surface area contributed by atoms with Crippen LogP contribution in [0, 0.1) is 5.92 Å². The third-order valence-electron chi connectivity index (χ3n) is 6.39. The van der Waals surface area contributed by atoms with Crippen LogP contribution in [-0.2, 0) is 22.5 Å². The van der Waals surface area contributed by atoms with Crippen LogP contribution in [0.5, 0.6) is 11.5 Å². The number of methoxy groups -OCH3 is 1. The normalized spacial score (nSPS) is 21.6. The lowest BCUT2D eigenvalue weighted by atomic mass is 9.86. The highest BCUT2D eigenvalue weighted by Crippen LogP contribution is 2.41. The number of fused-ring (bicyclic) bond motifs is 1. The van der Waals surface area contributed by atoms with Crippen molar-refractivity contribution in [1.29, 1.82) is 0 Å². The minimum absolute atomic E-state index is 0.0869. The molecule has 0 spiro atoms. The van der Waals surface area contributed by atoms with Crippen LogP contribution in [0.4, 0.5) is 13.2 Å². The fourth-order valence-corrected chi connectivity index (χ4v) is 4.78. The second kappa shape index (κ2) is 9.52. The number of aromatic hydroxyl groups is 1. The van der Waals surface area contributed by atoms with Crippen molar-refractivity contribution in [2.75, 3.05) is 20.2 Å². The van der Waals surface area contributed by atoms with Crippen molar-refractivity contribution in [3.63, 3.8) is 0 Å². The number of phenolic OH excluding ortho intramolecular Hbond substituents is 1. The maximum absolute atomic E-state index is 12.8. The second-order valence-electron chi connectivity index (χ2n) is 8.58. The van der Waals surface area contributed by atoms with E-state index < -0.39 is 23.6 Å². The summed E-state index contributed by atoms with van der Waals surface area (Å²) in [5, 5.41) is 17.0. The number of aromatic nitrogens is 2. The second-order valence-corrected chi connectivity index (χ2v) is 8.99. The van der Waals surface area contributed by atoms with Crippen molar-refractivity contribution in [2.45, 2.75) is 50.9 Å². The molecular formula is C22H25ClF3N3O4. The number of hydrogen-bond acceptors (Lipinski definition) is 6. The molecule has 0 unspecified atom stereocenters. The van der Waals surface area contributed by atoms with E-state index in [1.54, 1.807) is 7.11 Å². The number of H-pyrrole nitrogens is 1. The number of rotatable bonds is 5. The molecule has 1 aliphatic carbocycles. The fraction of sp³-hybridized carbons (Fsp3) is 0.545. The van der Waals surface area contributed by atoms with Crippen molar-refractivity contribution in [3.8, 4) is 22.8 Å². The highest BCUT2D eigenvalue weighted by atomic mass is 35.5. The first kappa shape index (κ1) is 23.8. The number of nitrogens with zero attached hydrogens (tertiary/aromatic N) is 2. The van der Waals surface area contributed by atoms with Crippen molar-refractivity contribution in [3.05, 3.63) is 28.4 Å². The minimum atomic E-state index is -5.18. The summed E-state index contributed by atoms with van der Waals surface area (Å²) in [5.41, 5.74) is 2.15. The number of esters is 1. The Labute approximate surface area is 193 Å². The number of halogens is 4. The molecule has 2 heterocycles. The molecule has 0 amide bonds. The number of hydrogen-bond donors (Lipinski definition) is 2. The molecule has 1 aliphatic heterocycles. The number of benzene rings is 1. The molecule has 33 heavy (non-hydrogen) atoms. The van der Waals surface area contributed by atoms with E-state index in [2.05, 4.69) is 19.8 Å². The number of nitrogens with one attached hydrogen (secondary N) is 1. The van der Waals surface area contributed by atoms with Gasteiger partial charge in [0.05, 0.1) is 11.1 Å². The van der Waals surface area contributed by atoms with Gasteiger partial charge in [0, 0.05) is 56.1 Å². The lowest BCUT2D eigenvalue weighted by molar-refractivity contribution is -0.189. The first-order chi connectivity index (χ1) is 15.7. The van der Waals surface area contributed by atoms with Crippen LogP contribution in [0.15, 0.2) is 12.1 Å². The van der Waals surface area contributed by atoms with Crippen molar-refractivity contribution in [1.82, 2.24) is 15.1 Å². The Hall–Kier alpha value is -2.30. The molecule has 180 valence electrons. The van der Waals surface area contributed by atoms with Crippen LogP contribution in [0.1, 0.15) is 36.9 Å². The van der Waals surface area contributed by atoms with E-state index in [4.69, 9.17) is 16.3 Å². The Balaban J connectivity index is 1.57. The van der Waals surface area contributed by atoms with Crippen molar-refractivity contribution >= 4 is 17.6 Å². The molecule has 0 radical (unpaired) electrons. The standard InChI is InChI=1S/C22H25ClF3N3O4/c1-32-13-4-2-12(3-5-13)10-29-7-6-17-15(11-29)20(28-27-17)14-8-16(23)18(30)9-19(14)33-21(31)22(24,25)26/h8-9,12-13,30H,2-7,10-11H2,1H3,(H,27,28)/t12-,13+. The van der Waals surface area contributed by atoms with Gasteiger partial charge < -0.3 is 14.6 Å². The zero-order valence-electron chi connectivity index (χ0n) is 18.0. The summed E-state index contributed by atoms with van der Waals surface area (Å²) in [6.45, 7) is 2.30. The van der Waals surface area contributed by atoms with Gasteiger partial charge in [-0.05, 0) is 37.7 Å². The molecule has 11 heteroatoms. The Morgan fingerprint density at radius 2 is 2.03 bits per heavy atom. The highest BCUT2D eigenvalue weighted by molar-refractivity contribution is 6.32. The van der Waals surface area contributed by atoms with Gasteiger partial charge in [-0.15, -0.1) is 0 Å². The van der Waals surface area contributed by atoms with E-state index in [-0.39, 0.29) is 10.6 Å². The van der Waals surface area contributed by atoms with E-state index >= 15 is 0 Å². The zero-order valence-corrected chi connectivity index (χ0v) is 18.8. The Kier molecular flexibility index (Phi) is 6.88. The quantitative estimate of drug-likeness (QED) is 0.478. The lowest BCUT2D eigenvalue weighted by Crippen LogP contribution is -2.36. The molecule has 4 rings (SSSR count). The SMILES string of the molecule is CO[C@H]1CC[C@@H](CN2CCc3[nH]nc(-c4cc(Cl)c(O)cc4OC(=O)C(F)(F)F)c3C2)CC1. The Morgan fingerprint density at radius 1 is 1.30 bits per heavy atom. The van der Waals surface area contributed by atoms with Crippen molar-refractivity contribution in [2.24, 2.45) is 5.92 Å². The smallest absolute Gasteiger partial charge is 0.491 e. The summed E-state index contributed by atoms with van der Waals surface area (Å²) >= 11 is 6.02. The molecule has 2 N–H and O–H groups in total. The predicted octanol–water partition coefficient (Wildman–Crippen LogP) is 4.47. The van der Waals surface area contributed by atoms with E-state index in [1.807, 2.05) is 0 Å². The predicted molar refractivity (Wildman–Crippen MR) is 114 cm³/mol. The van der Waals surface area contributed by atoms with Gasteiger partial charge >= 0.3 is 12.1 Å². The summed E-state index contributed by atoms with van der Waals surface area (Å²) in [5.74, 6) is -2.78. The average Bonchev–Trinajstić information content (AvgIpc) is 3.19. The summed E-state index contributed by atoms with van der Waals surface area (Å²) in [6.07, 6.45) is 0.104. The highest BCUT2D eigenvalue weighted by Gasteiger charge is 2.42. The largest absolute Gasteiger partial charge is 0.506 e. The first-order valence-electron chi connectivity index (χ1n) is 10.8. The van der Waals surface area contributed by atoms with Gasteiger partial charge in [0.25, 0.3) is 0 Å². The van der Waals surface area contributed by atoms with Crippen LogP contribution in [0.2, 0.25) is 5.02 Å². The summed E-state index contributed by atoms with van der Waals surface area (Å²) in [7, 11) is 1.74. The van der Waals surface area contributed by atoms with Gasteiger partial charge in [-0.25, -0.2) is 4.79 Å². The van der Waals surface area contributed by atoms with E-state index in [0.717, 1.165) is 56.1 Å². The van der Waals surface area contributed by atoms with Gasteiger partial charge in [-0.2, -0.15) is 18.3 Å². The first-order valence-corrected chi connectivity index (χ1v) is 11.2. The summed E-state index contributed by atoms with van der Waals surface area (Å²) < 4.78 is 48.4. The molecule has 1 fully saturated rings. The summed E-state index contributed by atoms with van der Waals surface area (Å²) in [6, 6.07) is 2.16. The molecule has 0 atom stereocenters. The van der Waals surface area contributed by atoms with Crippen LogP contribution >= 0.6 is 11.6 Å². The third-order valence-corrected chi connectivity index (χ3v) is 6.70. The van der Waals surface area contributed by atoms with Crippen LogP contribution in [0.3, 0.4) is 0 Å². The van der Waals surface area contributed by atoms with Crippen LogP contribution in [-0.4, -0.2) is 58.7 Å². The number of aromatic amines is 1. The van der Waals surface area contributed by atoms with E-state index in [0.29, 0.717) is 30.7 Å². The van der Waals surface area contributed by atoms with Crippen LogP contribution in [0.25, 0.3) is 11.3 Å². The third kappa shape index (κ3) is 5.28. The molecule has 1 aromatic heterocycles. The number of ether oxygens (including phenoxy) is 2. The molecule has 7 nitrogen and oxygen atoms in total. The van der Waals surface area contributed by atoms with Crippen LogP contribution < -0.4 is 4.74 Å². The maximum Gasteiger partial charge on any atom is 0.491 e. The van der Waals surface area contributed by atoms with Gasteiger partial charge in [-0.3, -0.25) is 10.00 Å². The Bertz CT molecular complexity index is 1020. The van der Waals surface area contributed by atoms with E-state index in [1.165, 1.54) is 6.07 Å². The monoisotopic (exact) mass is 487 g/mol. The van der Waals surface area contributed by atoms with Crippen molar-refractivity contribution < 1.29 is 32.5 Å². The molecule has 0 saturated heterocycles. The van der Waals surface area contributed by atoms with Gasteiger partial charge in [-0.1, -0.05) is 11.6 Å². The minimum Gasteiger partial charge on any atom is -0.506 e. The molecule has 0 bridgehead atoms. The lowest BCUT2D eigenvalue weighted by Gasteiger charge is -2.34. The average molecular weight is 488 g/mol. The van der Waals surface area contributed by atoms with Gasteiger partial charge in [0.2, 0.25) is 0 Å². The maximum atomic E-state index is 12.8. The fourth-order valence-electron chi connectivity index (χ4n) is 4.61. The van der Waals surface area contributed by atoms with E-state index in [9.17, 15) is 23.1 Å². The molecule has 1 saturated carbocycles. The molecular weight excluding hydrogens is 463 g/mol. The molecule has 2 aromatic rings. The molecule has 1 aromatic carbocycles. The number of phenols is 1. The number of carbonyl (C=O) groups is 1. The number of alkyl halides is 3. The summed E-state index contributed by atoms with van der Waals surface area (Å²) in [4.78, 5) is 13.8. The van der Waals surface area contributed by atoms with Gasteiger partial charge in [0.15, 0.2) is 0 Å². The van der Waals surface area contributed by atoms with Gasteiger partial charge in [0.1, 0.15) is 17.2 Å². The number of carbonyl (C=O) groups excluding carboxylic acids is 1. The zero-order chi connectivity index (χ0) is 23.8. The molecule has 2 aliphatic rings. The Morgan fingerprint density at radius 3 is 2.70 bits per heavy atom.